The van der Waals surface area contributed by atoms with Gasteiger partial charge in [-0.15, -0.1) is 0 Å². The third-order valence-corrected chi connectivity index (χ3v) is 3.51. The molecule has 1 atom stereocenters. The minimum Gasteiger partial charge on any atom is -0.450 e. The van der Waals surface area contributed by atoms with E-state index < -0.39 is 35.6 Å². The molecule has 1 aromatic rings. The number of likely N-dealkylation sites (N-methyl/N-ethyl adjacent to an activating group) is 1. The lowest BCUT2D eigenvalue weighted by molar-refractivity contribution is -0.125. The van der Waals surface area contributed by atoms with Crippen LogP contribution < -0.4 is 10.6 Å². The first-order valence-electron chi connectivity index (χ1n) is 8.20. The van der Waals surface area contributed by atoms with E-state index in [0.717, 1.165) is 12.1 Å². The molecule has 0 fully saturated rings. The summed E-state index contributed by atoms with van der Waals surface area (Å²) >= 11 is 0. The molecule has 7 nitrogen and oxygen atoms in total. The van der Waals surface area contributed by atoms with Crippen molar-refractivity contribution in [1.82, 2.24) is 15.5 Å². The zero-order valence-corrected chi connectivity index (χ0v) is 15.0. The lowest BCUT2D eigenvalue weighted by Crippen LogP contribution is -2.44. The molecule has 1 rings (SSSR count). The highest BCUT2D eigenvalue weighted by Crippen LogP contribution is 2.17. The smallest absolute Gasteiger partial charge is 0.413 e. The lowest BCUT2D eigenvalue weighted by atomic mass is 10.1. The highest BCUT2D eigenvalue weighted by atomic mass is 19.1. The molecule has 144 valence electrons. The Balaban J connectivity index is 2.55. The van der Waals surface area contributed by atoms with Crippen molar-refractivity contribution < 1.29 is 27.9 Å². The molecule has 1 aromatic carbocycles. The fourth-order valence-electron chi connectivity index (χ4n) is 2.22. The van der Waals surface area contributed by atoms with Gasteiger partial charge in [0.2, 0.25) is 11.8 Å². The van der Waals surface area contributed by atoms with E-state index in [4.69, 9.17) is 0 Å². The number of imide groups is 1. The molecule has 0 saturated heterocycles. The van der Waals surface area contributed by atoms with Crippen LogP contribution >= 0.6 is 0 Å². The number of ether oxygens (including phenoxy) is 1. The topological polar surface area (TPSA) is 87.7 Å². The van der Waals surface area contributed by atoms with Crippen molar-refractivity contribution in [2.24, 2.45) is 0 Å². The van der Waals surface area contributed by atoms with Crippen molar-refractivity contribution in [3.8, 4) is 0 Å². The van der Waals surface area contributed by atoms with Crippen LogP contribution in [0.15, 0.2) is 18.2 Å². The number of alkyl carbamates (subject to hydrolysis) is 1. The number of rotatable bonds is 8. The summed E-state index contributed by atoms with van der Waals surface area (Å²) in [6.45, 7) is 5.13. The highest BCUT2D eigenvalue weighted by Gasteiger charge is 2.18. The van der Waals surface area contributed by atoms with E-state index >= 15 is 0 Å². The van der Waals surface area contributed by atoms with Gasteiger partial charge in [-0.1, -0.05) is 13.0 Å². The summed E-state index contributed by atoms with van der Waals surface area (Å²) in [5, 5.41) is 4.63. The molecular formula is C17H23F2N3O4. The summed E-state index contributed by atoms with van der Waals surface area (Å²) in [6, 6.07) is 2.45. The van der Waals surface area contributed by atoms with Crippen molar-refractivity contribution in [2.45, 2.75) is 26.8 Å². The van der Waals surface area contributed by atoms with Gasteiger partial charge in [0.25, 0.3) is 0 Å². The number of benzene rings is 1. The van der Waals surface area contributed by atoms with Crippen molar-refractivity contribution in [2.75, 3.05) is 26.2 Å². The highest BCUT2D eigenvalue weighted by molar-refractivity contribution is 5.93. The predicted molar refractivity (Wildman–Crippen MR) is 90.2 cm³/mol. The van der Waals surface area contributed by atoms with E-state index in [9.17, 15) is 23.2 Å². The van der Waals surface area contributed by atoms with Gasteiger partial charge in [0.15, 0.2) is 0 Å². The largest absolute Gasteiger partial charge is 0.450 e. The van der Waals surface area contributed by atoms with Crippen molar-refractivity contribution in [1.29, 1.82) is 0 Å². The van der Waals surface area contributed by atoms with Crippen LogP contribution in [0, 0.1) is 11.6 Å². The average molecular weight is 371 g/mol. The maximum Gasteiger partial charge on any atom is 0.413 e. The summed E-state index contributed by atoms with van der Waals surface area (Å²) in [5.74, 6) is -2.49. The maximum atomic E-state index is 13.7. The van der Waals surface area contributed by atoms with E-state index in [1.165, 1.54) is 11.0 Å². The molecule has 0 aromatic heterocycles. The average Bonchev–Trinajstić information content (AvgIpc) is 2.53. The molecule has 2 N–H and O–H groups in total. The van der Waals surface area contributed by atoms with Crippen molar-refractivity contribution in [3.05, 3.63) is 35.4 Å². The van der Waals surface area contributed by atoms with Gasteiger partial charge in [-0.3, -0.25) is 19.8 Å². The first-order valence-corrected chi connectivity index (χ1v) is 8.20. The molecule has 0 radical (unpaired) electrons. The fraction of sp³-hybridized carbons (Fsp3) is 0.471. The number of amides is 3. The first-order chi connectivity index (χ1) is 12.3. The van der Waals surface area contributed by atoms with Crippen LogP contribution in [0.4, 0.5) is 13.6 Å². The van der Waals surface area contributed by atoms with E-state index in [1.54, 1.807) is 20.8 Å². The van der Waals surface area contributed by atoms with Crippen LogP contribution in [0.5, 0.6) is 0 Å². The number of nitrogens with one attached hydrogen (secondary N) is 2. The first kappa shape index (κ1) is 21.5. The van der Waals surface area contributed by atoms with E-state index in [2.05, 4.69) is 10.1 Å². The molecule has 9 heteroatoms. The lowest BCUT2D eigenvalue weighted by Gasteiger charge is -2.21. The Labute approximate surface area is 150 Å². The summed E-state index contributed by atoms with van der Waals surface area (Å²) in [5.41, 5.74) is 0.155. The second kappa shape index (κ2) is 10.4. The Morgan fingerprint density at radius 2 is 1.81 bits per heavy atom. The summed E-state index contributed by atoms with van der Waals surface area (Å²) < 4.78 is 31.3. The molecule has 0 unspecified atom stereocenters. The number of hydrogen-bond donors (Lipinski definition) is 2. The summed E-state index contributed by atoms with van der Waals surface area (Å²) in [4.78, 5) is 36.5. The quantitative estimate of drug-likeness (QED) is 0.727. The molecule has 0 bridgehead atoms. The Morgan fingerprint density at radius 1 is 1.15 bits per heavy atom. The van der Waals surface area contributed by atoms with Gasteiger partial charge < -0.3 is 10.1 Å². The second-order valence-corrected chi connectivity index (χ2v) is 5.53. The molecule has 0 spiro atoms. The minimum atomic E-state index is -0.849. The van der Waals surface area contributed by atoms with Crippen LogP contribution in [-0.2, 0) is 14.3 Å². The Morgan fingerprint density at radius 3 is 2.38 bits per heavy atom. The molecule has 0 aliphatic heterocycles. The third-order valence-electron chi connectivity index (χ3n) is 3.51. The van der Waals surface area contributed by atoms with Crippen LogP contribution in [0.1, 0.15) is 32.4 Å². The van der Waals surface area contributed by atoms with Crippen molar-refractivity contribution >= 4 is 17.9 Å². The number of nitrogens with zero attached hydrogens (tertiary/aromatic N) is 1. The minimum absolute atomic E-state index is 0.125. The van der Waals surface area contributed by atoms with Crippen molar-refractivity contribution in [3.63, 3.8) is 0 Å². The van der Waals surface area contributed by atoms with Gasteiger partial charge in [0.1, 0.15) is 11.6 Å². The molecule has 26 heavy (non-hydrogen) atoms. The second-order valence-electron chi connectivity index (χ2n) is 5.53. The molecule has 0 aliphatic rings. The monoisotopic (exact) mass is 371 g/mol. The Kier molecular flexibility index (Phi) is 8.63. The summed E-state index contributed by atoms with van der Waals surface area (Å²) in [6.07, 6.45) is -0.849. The third kappa shape index (κ3) is 7.14. The van der Waals surface area contributed by atoms with Gasteiger partial charge in [0.05, 0.1) is 25.7 Å². The Bertz CT molecular complexity index is 655. The molecular weight excluding hydrogens is 348 g/mol. The predicted octanol–water partition coefficient (Wildman–Crippen LogP) is 1.74. The van der Waals surface area contributed by atoms with E-state index in [-0.39, 0.29) is 25.3 Å². The fourth-order valence-corrected chi connectivity index (χ4v) is 2.22. The molecule has 3 amide bonds. The van der Waals surface area contributed by atoms with Crippen LogP contribution in [0.3, 0.4) is 0 Å². The Hall–Kier alpha value is -2.55. The molecule has 0 saturated carbocycles. The van der Waals surface area contributed by atoms with E-state index in [0.29, 0.717) is 6.54 Å². The number of carbonyl (C=O) groups is 3. The van der Waals surface area contributed by atoms with Gasteiger partial charge >= 0.3 is 6.09 Å². The van der Waals surface area contributed by atoms with Crippen LogP contribution in [-0.4, -0.2) is 49.0 Å². The molecule has 0 heterocycles. The summed E-state index contributed by atoms with van der Waals surface area (Å²) in [7, 11) is 0. The normalized spacial score (nSPS) is 11.8. The zero-order chi connectivity index (χ0) is 19.7. The standard InChI is InChI=1S/C17H23F2N3O4/c1-4-22(10-16(24)21-17(25)26-5-2)9-15(23)20-11(3)13-7-6-12(18)8-14(13)19/h6-8,11H,4-5,9-10H2,1-3H3,(H,20,23)(H,21,24,25)/t11-/m1/s1. The van der Waals surface area contributed by atoms with Gasteiger partial charge in [0, 0.05) is 11.6 Å². The number of hydrogen-bond acceptors (Lipinski definition) is 5. The molecule has 0 aliphatic carbocycles. The zero-order valence-electron chi connectivity index (χ0n) is 15.0. The maximum absolute atomic E-state index is 13.7. The number of carbonyl (C=O) groups excluding carboxylic acids is 3. The van der Waals surface area contributed by atoms with Gasteiger partial charge in [-0.05, 0) is 26.5 Å². The SMILES string of the molecule is CCOC(=O)NC(=O)CN(CC)CC(=O)N[C@H](C)c1ccc(F)cc1F. The number of halogens is 2. The van der Waals surface area contributed by atoms with Gasteiger partial charge in [-0.2, -0.15) is 0 Å². The van der Waals surface area contributed by atoms with E-state index in [1.807, 2.05) is 5.32 Å². The van der Waals surface area contributed by atoms with Crippen LogP contribution in [0.2, 0.25) is 0 Å². The van der Waals surface area contributed by atoms with Crippen LogP contribution in [0.25, 0.3) is 0 Å². The van der Waals surface area contributed by atoms with Gasteiger partial charge in [-0.25, -0.2) is 13.6 Å².